The van der Waals surface area contributed by atoms with Crippen molar-refractivity contribution in [1.82, 2.24) is 0 Å². The van der Waals surface area contributed by atoms with E-state index in [4.69, 9.17) is 11.5 Å². The van der Waals surface area contributed by atoms with Gasteiger partial charge in [0, 0.05) is 6.04 Å². The highest BCUT2D eigenvalue weighted by molar-refractivity contribution is 5.85. The van der Waals surface area contributed by atoms with E-state index in [2.05, 4.69) is 0 Å². The Labute approximate surface area is 117 Å². The van der Waals surface area contributed by atoms with Crippen molar-refractivity contribution in [3.63, 3.8) is 0 Å². The van der Waals surface area contributed by atoms with Gasteiger partial charge in [-0.3, -0.25) is 0 Å². The van der Waals surface area contributed by atoms with Gasteiger partial charge in [0.1, 0.15) is 0 Å². The minimum Gasteiger partial charge on any atom is -0.330 e. The summed E-state index contributed by atoms with van der Waals surface area (Å²) in [7, 11) is 0. The summed E-state index contributed by atoms with van der Waals surface area (Å²) in [5.41, 5.74) is 7.57. The summed E-state index contributed by atoms with van der Waals surface area (Å²) in [6, 6.07) is 0.363. The molecule has 1 aromatic rings. The molecule has 0 saturated carbocycles. The minimum absolute atomic E-state index is 0. The summed E-state index contributed by atoms with van der Waals surface area (Å²) >= 11 is 0. The molecule has 9 heteroatoms. The van der Waals surface area contributed by atoms with Crippen molar-refractivity contribution in [2.75, 3.05) is 6.54 Å². The molecule has 1 atom stereocenters. The average molecular weight is 323 g/mol. The Morgan fingerprint density at radius 3 is 1.95 bits per heavy atom. The van der Waals surface area contributed by atoms with E-state index in [0.717, 1.165) is 6.07 Å². The van der Waals surface area contributed by atoms with Gasteiger partial charge in [-0.15, -0.1) is 12.4 Å². The van der Waals surface area contributed by atoms with Gasteiger partial charge >= 0.3 is 12.4 Å². The standard InChI is InChI=1S/C11H12F6N2.ClH/c12-10(13,14)6-1-2-7(9(19)3-4-18)8(5-6)11(15,16)17;/h1-2,5,9H,3-4,18-19H2;1H/t9-;/m1./s1. The predicted octanol–water partition coefficient (Wildman–Crippen LogP) is 3.49. The van der Waals surface area contributed by atoms with E-state index >= 15 is 0 Å². The lowest BCUT2D eigenvalue weighted by molar-refractivity contribution is -0.143. The highest BCUT2D eigenvalue weighted by Gasteiger charge is 2.38. The second-order valence-electron chi connectivity index (χ2n) is 3.98. The Balaban J connectivity index is 0.00000361. The third kappa shape index (κ3) is 4.53. The largest absolute Gasteiger partial charge is 0.416 e. The lowest BCUT2D eigenvalue weighted by Gasteiger charge is -2.19. The Morgan fingerprint density at radius 1 is 1.00 bits per heavy atom. The molecule has 0 aliphatic rings. The number of rotatable bonds is 3. The first-order valence-electron chi connectivity index (χ1n) is 5.31. The van der Waals surface area contributed by atoms with Crippen LogP contribution in [0, 0.1) is 0 Å². The molecule has 0 aromatic heterocycles. The van der Waals surface area contributed by atoms with Crippen molar-refractivity contribution in [3.8, 4) is 0 Å². The number of hydrogen-bond donors (Lipinski definition) is 2. The number of nitrogens with two attached hydrogens (primary N) is 2. The maximum absolute atomic E-state index is 12.8. The number of halogens is 7. The van der Waals surface area contributed by atoms with Crippen molar-refractivity contribution in [2.45, 2.75) is 24.8 Å². The summed E-state index contributed by atoms with van der Waals surface area (Å²) in [5.74, 6) is 0. The summed E-state index contributed by atoms with van der Waals surface area (Å²) < 4.78 is 75.5. The molecule has 2 nitrogen and oxygen atoms in total. The van der Waals surface area contributed by atoms with Gasteiger partial charge in [0.25, 0.3) is 0 Å². The molecule has 0 saturated heterocycles. The van der Waals surface area contributed by atoms with Crippen LogP contribution in [0.1, 0.15) is 29.2 Å². The first-order valence-corrected chi connectivity index (χ1v) is 5.31. The monoisotopic (exact) mass is 322 g/mol. The summed E-state index contributed by atoms with van der Waals surface area (Å²) in [5, 5.41) is 0. The zero-order valence-corrected chi connectivity index (χ0v) is 10.9. The first-order chi connectivity index (χ1) is 8.57. The molecule has 20 heavy (non-hydrogen) atoms. The van der Waals surface area contributed by atoms with Crippen molar-refractivity contribution < 1.29 is 26.3 Å². The van der Waals surface area contributed by atoms with Gasteiger partial charge < -0.3 is 11.5 Å². The lowest BCUT2D eigenvalue weighted by Crippen LogP contribution is -2.21. The third-order valence-corrected chi connectivity index (χ3v) is 2.56. The van der Waals surface area contributed by atoms with Gasteiger partial charge in [0.15, 0.2) is 0 Å². The quantitative estimate of drug-likeness (QED) is 0.837. The molecule has 0 heterocycles. The molecule has 116 valence electrons. The number of hydrogen-bond acceptors (Lipinski definition) is 2. The Morgan fingerprint density at radius 2 is 1.55 bits per heavy atom. The van der Waals surface area contributed by atoms with Crippen molar-refractivity contribution in [3.05, 3.63) is 34.9 Å². The summed E-state index contributed by atoms with van der Waals surface area (Å²) in [6.07, 6.45) is -9.69. The average Bonchev–Trinajstić information content (AvgIpc) is 2.26. The molecular weight excluding hydrogens is 310 g/mol. The molecule has 1 aromatic carbocycles. The SMILES string of the molecule is Cl.NCC[C@@H](N)c1ccc(C(F)(F)F)cc1C(F)(F)F. The van der Waals surface area contributed by atoms with E-state index in [0.29, 0.717) is 6.07 Å². The molecule has 0 aliphatic carbocycles. The minimum atomic E-state index is -4.90. The maximum Gasteiger partial charge on any atom is 0.416 e. The van der Waals surface area contributed by atoms with Gasteiger partial charge in [-0.1, -0.05) is 6.07 Å². The van der Waals surface area contributed by atoms with E-state index < -0.39 is 29.5 Å². The molecule has 0 spiro atoms. The van der Waals surface area contributed by atoms with Gasteiger partial charge in [0.2, 0.25) is 0 Å². The summed E-state index contributed by atoms with van der Waals surface area (Å²) in [6.45, 7) is 0.0412. The van der Waals surface area contributed by atoms with Crippen LogP contribution in [0.15, 0.2) is 18.2 Å². The first kappa shape index (κ1) is 19.0. The lowest BCUT2D eigenvalue weighted by atomic mass is 9.96. The topological polar surface area (TPSA) is 52.0 Å². The number of alkyl halides is 6. The van der Waals surface area contributed by atoms with Crippen molar-refractivity contribution in [1.29, 1.82) is 0 Å². The van der Waals surface area contributed by atoms with Crippen LogP contribution in [0.5, 0.6) is 0 Å². The van der Waals surface area contributed by atoms with E-state index in [1.807, 2.05) is 0 Å². The van der Waals surface area contributed by atoms with E-state index in [1.165, 1.54) is 0 Å². The van der Waals surface area contributed by atoms with E-state index in [9.17, 15) is 26.3 Å². The van der Waals surface area contributed by atoms with Crippen molar-refractivity contribution in [2.24, 2.45) is 11.5 Å². The van der Waals surface area contributed by atoms with E-state index in [1.54, 1.807) is 0 Å². The fourth-order valence-electron chi connectivity index (χ4n) is 1.64. The van der Waals surface area contributed by atoms with Gasteiger partial charge in [-0.2, -0.15) is 26.3 Å². The fourth-order valence-corrected chi connectivity index (χ4v) is 1.64. The maximum atomic E-state index is 12.8. The Kier molecular flexibility index (Phi) is 6.31. The van der Waals surface area contributed by atoms with Crippen LogP contribution in [0.4, 0.5) is 26.3 Å². The second-order valence-corrected chi connectivity index (χ2v) is 3.98. The molecule has 0 amide bonds. The van der Waals surface area contributed by atoms with Gasteiger partial charge in [-0.05, 0) is 30.7 Å². The molecule has 0 radical (unpaired) electrons. The second kappa shape index (κ2) is 6.64. The van der Waals surface area contributed by atoms with Crippen LogP contribution in [-0.4, -0.2) is 6.54 Å². The smallest absolute Gasteiger partial charge is 0.330 e. The van der Waals surface area contributed by atoms with Crippen LogP contribution in [0.25, 0.3) is 0 Å². The van der Waals surface area contributed by atoms with E-state index in [-0.39, 0.29) is 37.0 Å². The molecule has 4 N–H and O–H groups in total. The summed E-state index contributed by atoms with van der Waals surface area (Å²) in [4.78, 5) is 0. The van der Waals surface area contributed by atoms with Gasteiger partial charge in [-0.25, -0.2) is 0 Å². The van der Waals surface area contributed by atoms with Crippen LogP contribution in [-0.2, 0) is 12.4 Å². The predicted molar refractivity (Wildman–Crippen MR) is 64.3 cm³/mol. The van der Waals surface area contributed by atoms with Crippen LogP contribution in [0.3, 0.4) is 0 Å². The normalized spacial score (nSPS) is 13.8. The van der Waals surface area contributed by atoms with Crippen LogP contribution < -0.4 is 11.5 Å². The highest BCUT2D eigenvalue weighted by Crippen LogP contribution is 2.39. The zero-order valence-electron chi connectivity index (χ0n) is 10.1. The fraction of sp³-hybridized carbons (Fsp3) is 0.455. The zero-order chi connectivity index (χ0) is 14.8. The van der Waals surface area contributed by atoms with Crippen LogP contribution in [0.2, 0.25) is 0 Å². The molecule has 0 unspecified atom stereocenters. The van der Waals surface area contributed by atoms with Crippen LogP contribution >= 0.6 is 12.4 Å². The molecule has 0 aliphatic heterocycles. The molecular formula is C11H13ClF6N2. The Bertz CT molecular complexity index is 444. The molecule has 0 bridgehead atoms. The number of benzene rings is 1. The van der Waals surface area contributed by atoms with Crippen molar-refractivity contribution >= 4 is 12.4 Å². The highest BCUT2D eigenvalue weighted by atomic mass is 35.5. The third-order valence-electron chi connectivity index (χ3n) is 2.56. The molecule has 0 fully saturated rings. The van der Waals surface area contributed by atoms with Gasteiger partial charge in [0.05, 0.1) is 11.1 Å². The Hall–Kier alpha value is -0.990. The molecule has 1 rings (SSSR count).